The minimum Gasteiger partial charge on any atom is -0.466 e. The Bertz CT molecular complexity index is 1270. The SMILES string of the molecule is CCOC(=O)Cc1c(C(=O)c2ccccc2)sc(SCc2ccc(F)cc2)c1-[n+]1ccccc1. The average Bonchev–Trinajstić information content (AvgIpc) is 3.22. The Morgan fingerprint density at radius 1 is 0.971 bits per heavy atom. The zero-order valence-corrected chi connectivity index (χ0v) is 20.2. The van der Waals surface area contributed by atoms with Gasteiger partial charge in [0, 0.05) is 23.4 Å². The molecule has 0 aliphatic rings. The van der Waals surface area contributed by atoms with E-state index in [1.807, 2.05) is 53.4 Å². The van der Waals surface area contributed by atoms with Crippen LogP contribution in [0.2, 0.25) is 0 Å². The topological polar surface area (TPSA) is 47.3 Å². The van der Waals surface area contributed by atoms with Crippen LogP contribution in [0, 0.1) is 5.82 Å². The molecule has 0 amide bonds. The Kier molecular flexibility index (Phi) is 7.87. The number of aromatic nitrogens is 1. The van der Waals surface area contributed by atoms with E-state index in [9.17, 15) is 14.0 Å². The summed E-state index contributed by atoms with van der Waals surface area (Å²) in [4.78, 5) is 26.6. The molecule has 0 aliphatic heterocycles. The van der Waals surface area contributed by atoms with E-state index in [4.69, 9.17) is 4.74 Å². The molecule has 2 aromatic carbocycles. The molecule has 34 heavy (non-hydrogen) atoms. The molecular formula is C27H23FNO3S2+. The van der Waals surface area contributed by atoms with Gasteiger partial charge < -0.3 is 4.74 Å². The van der Waals surface area contributed by atoms with Crippen molar-refractivity contribution in [3.05, 3.63) is 113 Å². The van der Waals surface area contributed by atoms with Gasteiger partial charge in [-0.1, -0.05) is 48.5 Å². The Hall–Kier alpha value is -3.29. The van der Waals surface area contributed by atoms with Crippen LogP contribution in [0.3, 0.4) is 0 Å². The van der Waals surface area contributed by atoms with Gasteiger partial charge in [0.25, 0.3) is 0 Å². The normalized spacial score (nSPS) is 10.8. The molecule has 0 bridgehead atoms. The van der Waals surface area contributed by atoms with Gasteiger partial charge in [0.15, 0.2) is 12.4 Å². The summed E-state index contributed by atoms with van der Waals surface area (Å²) in [7, 11) is 0. The van der Waals surface area contributed by atoms with Crippen LogP contribution in [0.25, 0.3) is 5.69 Å². The number of hydrogen-bond acceptors (Lipinski definition) is 5. The molecule has 0 unspecified atom stereocenters. The van der Waals surface area contributed by atoms with Crippen LogP contribution in [0.4, 0.5) is 4.39 Å². The number of nitrogens with zero attached hydrogens (tertiary/aromatic N) is 1. The van der Waals surface area contributed by atoms with Crippen molar-refractivity contribution < 1.29 is 23.3 Å². The van der Waals surface area contributed by atoms with Crippen molar-refractivity contribution in [2.75, 3.05) is 6.61 Å². The van der Waals surface area contributed by atoms with Crippen molar-refractivity contribution in [2.24, 2.45) is 0 Å². The van der Waals surface area contributed by atoms with Crippen LogP contribution in [0.5, 0.6) is 0 Å². The summed E-state index contributed by atoms with van der Waals surface area (Å²) in [5.74, 6) is -0.191. The van der Waals surface area contributed by atoms with Crippen LogP contribution in [-0.2, 0) is 21.7 Å². The Labute approximate surface area is 206 Å². The summed E-state index contributed by atoms with van der Waals surface area (Å²) in [5.41, 5.74) is 2.97. The molecule has 0 atom stereocenters. The third-order valence-electron chi connectivity index (χ3n) is 5.07. The maximum atomic E-state index is 13.5. The summed E-state index contributed by atoms with van der Waals surface area (Å²) in [6, 6.07) is 21.1. The van der Waals surface area contributed by atoms with Crippen LogP contribution in [0.1, 0.15) is 33.3 Å². The Morgan fingerprint density at radius 2 is 1.65 bits per heavy atom. The first-order valence-electron chi connectivity index (χ1n) is 10.8. The van der Waals surface area contributed by atoms with Gasteiger partial charge in [-0.3, -0.25) is 9.59 Å². The molecule has 2 aromatic heterocycles. The van der Waals surface area contributed by atoms with E-state index in [0.29, 0.717) is 21.8 Å². The number of halogens is 1. The smallest absolute Gasteiger partial charge is 0.310 e. The number of carbonyl (C=O) groups is 2. The van der Waals surface area contributed by atoms with Gasteiger partial charge in [0.1, 0.15) is 10.0 Å². The van der Waals surface area contributed by atoms with Gasteiger partial charge in [-0.2, -0.15) is 4.57 Å². The molecule has 0 radical (unpaired) electrons. The number of benzene rings is 2. The van der Waals surface area contributed by atoms with Gasteiger partial charge in [-0.25, -0.2) is 4.39 Å². The molecule has 0 aliphatic carbocycles. The predicted molar refractivity (Wildman–Crippen MR) is 132 cm³/mol. The maximum absolute atomic E-state index is 13.5. The zero-order valence-electron chi connectivity index (χ0n) is 18.6. The molecule has 0 saturated heterocycles. The van der Waals surface area contributed by atoms with E-state index in [-0.39, 0.29) is 30.6 Å². The lowest BCUT2D eigenvalue weighted by molar-refractivity contribution is -0.598. The lowest BCUT2D eigenvalue weighted by Gasteiger charge is -2.05. The van der Waals surface area contributed by atoms with Gasteiger partial charge >= 0.3 is 5.97 Å². The number of ketones is 1. The third kappa shape index (κ3) is 5.61. The highest BCUT2D eigenvalue weighted by Gasteiger charge is 2.31. The van der Waals surface area contributed by atoms with E-state index in [2.05, 4.69) is 0 Å². The molecule has 4 rings (SSSR count). The number of thiophene rings is 1. The largest absolute Gasteiger partial charge is 0.466 e. The van der Waals surface area contributed by atoms with Crippen molar-refractivity contribution >= 4 is 34.9 Å². The second-order valence-electron chi connectivity index (χ2n) is 7.42. The van der Waals surface area contributed by atoms with Gasteiger partial charge in [-0.15, -0.1) is 23.1 Å². The number of esters is 1. The van der Waals surface area contributed by atoms with Crippen molar-refractivity contribution in [1.82, 2.24) is 0 Å². The fourth-order valence-corrected chi connectivity index (χ4v) is 6.03. The minimum atomic E-state index is -0.379. The number of ether oxygens (including phenoxy) is 1. The zero-order chi connectivity index (χ0) is 23.9. The van der Waals surface area contributed by atoms with E-state index < -0.39 is 0 Å². The number of hydrogen-bond donors (Lipinski definition) is 0. The Morgan fingerprint density at radius 3 is 2.32 bits per heavy atom. The van der Waals surface area contributed by atoms with Crippen molar-refractivity contribution in [2.45, 2.75) is 23.3 Å². The van der Waals surface area contributed by atoms with Crippen molar-refractivity contribution in [3.63, 3.8) is 0 Å². The highest BCUT2D eigenvalue weighted by atomic mass is 32.2. The molecule has 0 N–H and O–H groups in total. The van der Waals surface area contributed by atoms with E-state index in [0.717, 1.165) is 15.5 Å². The first-order valence-corrected chi connectivity index (χ1v) is 12.6. The number of thioether (sulfide) groups is 1. The van der Waals surface area contributed by atoms with Crippen LogP contribution < -0.4 is 4.57 Å². The predicted octanol–water partition coefficient (Wildman–Crippen LogP) is 5.79. The molecule has 0 fully saturated rings. The molecule has 0 spiro atoms. The molecule has 4 aromatic rings. The van der Waals surface area contributed by atoms with Gasteiger partial charge in [-0.05, 0) is 24.6 Å². The first-order chi connectivity index (χ1) is 16.6. The van der Waals surface area contributed by atoms with Crippen LogP contribution >= 0.6 is 23.1 Å². The fraction of sp³-hybridized carbons (Fsp3) is 0.148. The fourth-order valence-electron chi connectivity index (χ4n) is 3.49. The quantitative estimate of drug-likeness (QED) is 0.128. The lowest BCUT2D eigenvalue weighted by Crippen LogP contribution is -2.31. The minimum absolute atomic E-state index is 0.00736. The number of pyridine rings is 1. The van der Waals surface area contributed by atoms with Gasteiger partial charge in [0.05, 0.1) is 23.5 Å². The summed E-state index contributed by atoms with van der Waals surface area (Å²) in [6.45, 7) is 2.03. The molecule has 172 valence electrons. The molecular weight excluding hydrogens is 469 g/mol. The van der Waals surface area contributed by atoms with E-state index in [1.165, 1.54) is 23.5 Å². The van der Waals surface area contributed by atoms with Crippen LogP contribution in [-0.4, -0.2) is 18.4 Å². The monoisotopic (exact) mass is 492 g/mol. The third-order valence-corrected chi connectivity index (χ3v) is 7.63. The summed E-state index contributed by atoms with van der Waals surface area (Å²) >= 11 is 2.94. The molecule has 7 heteroatoms. The van der Waals surface area contributed by atoms with E-state index >= 15 is 0 Å². The highest BCUT2D eigenvalue weighted by molar-refractivity contribution is 8.00. The second-order valence-corrected chi connectivity index (χ2v) is 9.69. The number of carbonyl (C=O) groups excluding carboxylic acids is 2. The van der Waals surface area contributed by atoms with E-state index in [1.54, 1.807) is 43.0 Å². The maximum Gasteiger partial charge on any atom is 0.310 e. The number of rotatable bonds is 9. The standard InChI is InChI=1S/C27H23FNO3S2/c1-2-32-23(30)17-22-24(29-15-7-4-8-16-29)27(33-18-19-11-13-21(28)14-12-19)34-26(22)25(31)20-9-5-3-6-10-20/h3-16H,2,17-18H2,1H3/q+1. The summed E-state index contributed by atoms with van der Waals surface area (Å²) in [6.07, 6.45) is 3.79. The summed E-state index contributed by atoms with van der Waals surface area (Å²) in [5, 5.41) is 0. The van der Waals surface area contributed by atoms with Crippen LogP contribution in [0.15, 0.2) is 89.4 Å². The Balaban J connectivity index is 1.81. The van der Waals surface area contributed by atoms with Crippen molar-refractivity contribution in [3.8, 4) is 5.69 Å². The highest BCUT2D eigenvalue weighted by Crippen LogP contribution is 2.39. The van der Waals surface area contributed by atoms with Gasteiger partial charge in [0.2, 0.25) is 11.5 Å². The lowest BCUT2D eigenvalue weighted by atomic mass is 10.0. The first kappa shape index (κ1) is 23.9. The molecule has 0 saturated carbocycles. The molecule has 2 heterocycles. The average molecular weight is 493 g/mol. The van der Waals surface area contributed by atoms with Crippen molar-refractivity contribution in [1.29, 1.82) is 0 Å². The summed E-state index contributed by atoms with van der Waals surface area (Å²) < 4.78 is 21.4. The molecule has 4 nitrogen and oxygen atoms in total. The second kappa shape index (κ2) is 11.2.